The van der Waals surface area contributed by atoms with Crippen LogP contribution >= 0.6 is 12.6 Å². The van der Waals surface area contributed by atoms with Crippen molar-refractivity contribution in [1.29, 1.82) is 0 Å². The van der Waals surface area contributed by atoms with E-state index in [1.165, 1.54) is 0 Å². The summed E-state index contributed by atoms with van der Waals surface area (Å²) in [7, 11) is 0. The summed E-state index contributed by atoms with van der Waals surface area (Å²) in [6.45, 7) is 4.20. The number of amides is 3. The lowest BCUT2D eigenvalue weighted by molar-refractivity contribution is -0.142. The average molecular weight is 510 g/mol. The van der Waals surface area contributed by atoms with Crippen molar-refractivity contribution in [2.45, 2.75) is 70.1 Å². The largest absolute Gasteiger partial charge is 0.480 e. The van der Waals surface area contributed by atoms with Gasteiger partial charge >= 0.3 is 5.97 Å². The van der Waals surface area contributed by atoms with E-state index in [1.807, 2.05) is 44.2 Å². The molecular weight excluding hydrogens is 470 g/mol. The minimum atomic E-state index is -1.15. The van der Waals surface area contributed by atoms with Crippen LogP contribution in [0.3, 0.4) is 0 Å². The zero-order valence-corrected chi connectivity index (χ0v) is 21.3. The SMILES string of the molecule is CC(C)CC(NC(=O)C(Cc1ccccc1)NC(=O)C(N)CS)C(=O)NC(CCCCN)C(=O)O. The quantitative estimate of drug-likeness (QED) is 0.123. The normalized spacial score (nSPS) is 14.5. The highest BCUT2D eigenvalue weighted by Crippen LogP contribution is 2.10. The number of carbonyl (C=O) groups is 4. The third-order valence-corrected chi connectivity index (χ3v) is 5.74. The molecule has 1 aromatic carbocycles. The summed E-state index contributed by atoms with van der Waals surface area (Å²) >= 11 is 4.03. The second-order valence-corrected chi connectivity index (χ2v) is 9.28. The Labute approximate surface area is 212 Å². The number of nitrogens with one attached hydrogen (secondary N) is 3. The molecule has 0 aliphatic heterocycles. The number of carbonyl (C=O) groups excluding carboxylic acids is 3. The van der Waals surface area contributed by atoms with Gasteiger partial charge < -0.3 is 32.5 Å². The lowest BCUT2D eigenvalue weighted by Crippen LogP contribution is -2.58. The van der Waals surface area contributed by atoms with Crippen LogP contribution in [0.1, 0.15) is 45.1 Å². The molecule has 0 bridgehead atoms. The Morgan fingerprint density at radius 2 is 1.49 bits per heavy atom. The minimum Gasteiger partial charge on any atom is -0.480 e. The van der Waals surface area contributed by atoms with E-state index < -0.39 is 47.9 Å². The number of aliphatic carboxylic acids is 1. The zero-order valence-electron chi connectivity index (χ0n) is 20.4. The number of carboxylic acid groups (broad SMARTS) is 1. The van der Waals surface area contributed by atoms with Gasteiger partial charge in [-0.3, -0.25) is 14.4 Å². The fraction of sp³-hybridized carbons (Fsp3) is 0.583. The molecule has 0 aliphatic rings. The van der Waals surface area contributed by atoms with E-state index in [0.29, 0.717) is 19.4 Å². The molecule has 3 amide bonds. The molecular formula is C24H39N5O5S. The molecule has 196 valence electrons. The molecule has 0 heterocycles. The fourth-order valence-corrected chi connectivity index (χ4v) is 3.58. The first-order chi connectivity index (χ1) is 16.6. The van der Waals surface area contributed by atoms with E-state index >= 15 is 0 Å². The van der Waals surface area contributed by atoms with Gasteiger partial charge in [-0.05, 0) is 43.7 Å². The van der Waals surface area contributed by atoms with Crippen LogP contribution in [0.4, 0.5) is 0 Å². The Hall–Kier alpha value is -2.63. The average Bonchev–Trinajstić information content (AvgIpc) is 2.82. The van der Waals surface area contributed by atoms with Gasteiger partial charge in [0.1, 0.15) is 18.1 Å². The van der Waals surface area contributed by atoms with Crippen molar-refractivity contribution < 1.29 is 24.3 Å². The van der Waals surface area contributed by atoms with Gasteiger partial charge in [0.25, 0.3) is 0 Å². The third-order valence-electron chi connectivity index (χ3n) is 5.35. The van der Waals surface area contributed by atoms with Crippen LogP contribution in [0.15, 0.2) is 30.3 Å². The monoisotopic (exact) mass is 509 g/mol. The Bertz CT molecular complexity index is 824. The Balaban J connectivity index is 3.03. The number of carboxylic acids is 1. The van der Waals surface area contributed by atoms with E-state index in [2.05, 4.69) is 28.6 Å². The first kappa shape index (κ1) is 30.4. The lowest BCUT2D eigenvalue weighted by atomic mass is 10.00. The van der Waals surface area contributed by atoms with E-state index in [4.69, 9.17) is 11.5 Å². The van der Waals surface area contributed by atoms with Crippen molar-refractivity contribution in [3.8, 4) is 0 Å². The number of thiol groups is 1. The van der Waals surface area contributed by atoms with Crippen molar-refractivity contribution >= 4 is 36.3 Å². The number of nitrogens with two attached hydrogens (primary N) is 2. The number of benzene rings is 1. The van der Waals surface area contributed by atoms with E-state index in [0.717, 1.165) is 5.56 Å². The van der Waals surface area contributed by atoms with Crippen molar-refractivity contribution in [1.82, 2.24) is 16.0 Å². The summed E-state index contributed by atoms with van der Waals surface area (Å²) in [6.07, 6.45) is 1.89. The van der Waals surface area contributed by atoms with Gasteiger partial charge in [-0.2, -0.15) is 12.6 Å². The number of unbranched alkanes of at least 4 members (excludes halogenated alkanes) is 1. The smallest absolute Gasteiger partial charge is 0.326 e. The van der Waals surface area contributed by atoms with E-state index in [1.54, 1.807) is 0 Å². The Morgan fingerprint density at radius 1 is 0.914 bits per heavy atom. The van der Waals surface area contributed by atoms with Crippen LogP contribution in [0.25, 0.3) is 0 Å². The van der Waals surface area contributed by atoms with Gasteiger partial charge in [0.05, 0.1) is 6.04 Å². The molecule has 11 heteroatoms. The molecule has 35 heavy (non-hydrogen) atoms. The summed E-state index contributed by atoms with van der Waals surface area (Å²) in [4.78, 5) is 50.2. The lowest BCUT2D eigenvalue weighted by Gasteiger charge is -2.26. The Morgan fingerprint density at radius 3 is 2.03 bits per heavy atom. The molecule has 1 aromatic rings. The molecule has 0 spiro atoms. The second-order valence-electron chi connectivity index (χ2n) is 8.91. The standard InChI is InChI=1S/C24H39N5O5S/c1-15(2)12-19(22(31)27-18(24(33)34)10-6-7-11-25)29-23(32)20(28-21(30)17(26)14-35)13-16-8-4-3-5-9-16/h3-5,8-9,15,17-20,35H,6-7,10-14,25-26H2,1-2H3,(H,27,31)(H,28,30)(H,29,32)(H,33,34). The van der Waals surface area contributed by atoms with Crippen molar-refractivity contribution in [3.05, 3.63) is 35.9 Å². The topological polar surface area (TPSA) is 177 Å². The van der Waals surface area contributed by atoms with Crippen molar-refractivity contribution in [2.24, 2.45) is 17.4 Å². The molecule has 10 nitrogen and oxygen atoms in total. The third kappa shape index (κ3) is 11.6. The van der Waals surface area contributed by atoms with Crippen LogP contribution in [-0.4, -0.2) is 65.3 Å². The Kier molecular flexibility index (Phi) is 14.0. The zero-order chi connectivity index (χ0) is 26.4. The van der Waals surface area contributed by atoms with Crippen molar-refractivity contribution in [3.63, 3.8) is 0 Å². The van der Waals surface area contributed by atoms with Crippen LogP contribution < -0.4 is 27.4 Å². The van der Waals surface area contributed by atoms with Crippen LogP contribution in [0.5, 0.6) is 0 Å². The highest BCUT2D eigenvalue weighted by Gasteiger charge is 2.30. The first-order valence-corrected chi connectivity index (χ1v) is 12.5. The van der Waals surface area contributed by atoms with Gasteiger partial charge in [-0.15, -0.1) is 0 Å². The van der Waals surface area contributed by atoms with Crippen LogP contribution in [0, 0.1) is 5.92 Å². The van der Waals surface area contributed by atoms with Crippen molar-refractivity contribution in [2.75, 3.05) is 12.3 Å². The van der Waals surface area contributed by atoms with E-state index in [-0.39, 0.29) is 30.9 Å². The maximum Gasteiger partial charge on any atom is 0.326 e. The number of rotatable bonds is 16. The van der Waals surface area contributed by atoms with Gasteiger partial charge in [0, 0.05) is 12.2 Å². The van der Waals surface area contributed by atoms with Gasteiger partial charge in [0.2, 0.25) is 17.7 Å². The maximum atomic E-state index is 13.2. The molecule has 4 unspecified atom stereocenters. The molecule has 0 aliphatic carbocycles. The predicted molar refractivity (Wildman–Crippen MR) is 138 cm³/mol. The summed E-state index contributed by atoms with van der Waals surface area (Å²) in [5, 5.41) is 17.4. The fourth-order valence-electron chi connectivity index (χ4n) is 3.42. The van der Waals surface area contributed by atoms with Gasteiger partial charge in [-0.1, -0.05) is 44.2 Å². The summed E-state index contributed by atoms with van der Waals surface area (Å²) < 4.78 is 0. The van der Waals surface area contributed by atoms with Gasteiger partial charge in [0.15, 0.2) is 0 Å². The number of hydrogen-bond acceptors (Lipinski definition) is 7. The predicted octanol–water partition coefficient (Wildman–Crippen LogP) is 0.200. The number of hydrogen-bond donors (Lipinski definition) is 7. The molecule has 0 aromatic heterocycles. The maximum absolute atomic E-state index is 13.2. The molecule has 4 atom stereocenters. The molecule has 1 rings (SSSR count). The van der Waals surface area contributed by atoms with Gasteiger partial charge in [-0.25, -0.2) is 4.79 Å². The first-order valence-electron chi connectivity index (χ1n) is 11.8. The summed E-state index contributed by atoms with van der Waals surface area (Å²) in [5.41, 5.74) is 12.0. The molecule has 0 saturated carbocycles. The minimum absolute atomic E-state index is 0.0336. The summed E-state index contributed by atoms with van der Waals surface area (Å²) in [5.74, 6) is -2.71. The van der Waals surface area contributed by atoms with Crippen LogP contribution in [0.2, 0.25) is 0 Å². The summed E-state index contributed by atoms with van der Waals surface area (Å²) in [6, 6.07) is 5.16. The highest BCUT2D eigenvalue weighted by molar-refractivity contribution is 7.80. The molecule has 0 saturated heterocycles. The van der Waals surface area contributed by atoms with Crippen LogP contribution in [-0.2, 0) is 25.6 Å². The van der Waals surface area contributed by atoms with E-state index in [9.17, 15) is 24.3 Å². The molecule has 0 fully saturated rings. The molecule has 8 N–H and O–H groups in total. The molecule has 0 radical (unpaired) electrons. The second kappa shape index (κ2) is 16.1. The highest BCUT2D eigenvalue weighted by atomic mass is 32.1.